The van der Waals surface area contributed by atoms with Crippen molar-refractivity contribution in [3.8, 4) is 0 Å². The van der Waals surface area contributed by atoms with Crippen molar-refractivity contribution in [2.45, 2.75) is 13.0 Å². The summed E-state index contributed by atoms with van der Waals surface area (Å²) in [7, 11) is 1.60. The van der Waals surface area contributed by atoms with Gasteiger partial charge in [0, 0.05) is 32.3 Å². The van der Waals surface area contributed by atoms with Gasteiger partial charge >= 0.3 is 0 Å². The largest absolute Gasteiger partial charge is 0.673 e. The van der Waals surface area contributed by atoms with Gasteiger partial charge in [0.2, 0.25) is 0 Å². The van der Waals surface area contributed by atoms with E-state index >= 15 is 0 Å². The Balaban J connectivity index is 0. The molecule has 1 radical (unpaired) electrons. The molecule has 1 unspecified atom stereocenters. The fourth-order valence-electron chi connectivity index (χ4n) is 0.250. The van der Waals surface area contributed by atoms with E-state index in [1.54, 1.807) is 14.0 Å². The van der Waals surface area contributed by atoms with Crippen LogP contribution in [0.1, 0.15) is 6.92 Å². The second-order valence-electron chi connectivity index (χ2n) is 1.36. The molecule has 0 aliphatic rings. The summed E-state index contributed by atoms with van der Waals surface area (Å²) in [6.07, 6.45) is 0. The van der Waals surface area contributed by atoms with Gasteiger partial charge in [-0.2, -0.15) is 0 Å². The fourth-order valence-corrected chi connectivity index (χ4v) is 0.250. The molecule has 0 heterocycles. The molecule has 0 rings (SSSR count). The average Bonchev–Trinajstić information content (AvgIpc) is 1.35. The molecule has 0 aromatic rings. The molecule has 0 aromatic carbocycles. The molecule has 0 fully saturated rings. The molecule has 0 saturated heterocycles. The van der Waals surface area contributed by atoms with Crippen LogP contribution in [0.2, 0.25) is 0 Å². The topological polar surface area (TPSA) is 33.0 Å². The molecule has 1 atom stereocenters. The Morgan fingerprint density at radius 1 is 1.71 bits per heavy atom. The third-order valence-electron chi connectivity index (χ3n) is 0.417. The van der Waals surface area contributed by atoms with E-state index in [9.17, 15) is 0 Å². The summed E-state index contributed by atoms with van der Waals surface area (Å²) >= 11 is 0. The average molecular weight is 139 g/mol. The number of rotatable bonds is 2. The van der Waals surface area contributed by atoms with E-state index in [2.05, 4.69) is 4.74 Å². The summed E-state index contributed by atoms with van der Waals surface area (Å²) in [4.78, 5) is 0. The number of methoxy groups -OCH3 is 1. The minimum absolute atomic E-state index is 0. The van der Waals surface area contributed by atoms with Crippen LogP contribution >= 0.6 is 0 Å². The predicted molar refractivity (Wildman–Crippen MR) is 25.7 cm³/mol. The first-order valence-corrected chi connectivity index (χ1v) is 1.97. The number of ether oxygens (including phenoxy) is 1. The zero-order valence-corrected chi connectivity index (χ0v) is 6.04. The maximum atomic E-state index is 6.85. The van der Waals surface area contributed by atoms with Gasteiger partial charge in [-0.25, -0.2) is 0 Å². The van der Waals surface area contributed by atoms with Gasteiger partial charge in [-0.15, -0.1) is 6.04 Å². The van der Waals surface area contributed by atoms with E-state index < -0.39 is 0 Å². The Morgan fingerprint density at radius 2 is 2.14 bits per heavy atom. The van der Waals surface area contributed by atoms with Crippen molar-refractivity contribution < 1.29 is 23.3 Å². The molecule has 0 aliphatic heterocycles. The SMILES string of the molecule is COCC(C)[NH-].[V]. The minimum atomic E-state index is -0.0741. The van der Waals surface area contributed by atoms with E-state index in [1.807, 2.05) is 0 Å². The van der Waals surface area contributed by atoms with Crippen LogP contribution in [0.3, 0.4) is 0 Å². The summed E-state index contributed by atoms with van der Waals surface area (Å²) in [5.74, 6) is 0. The molecular weight excluding hydrogens is 129 g/mol. The van der Waals surface area contributed by atoms with E-state index in [0.717, 1.165) is 0 Å². The standard InChI is InChI=1S/C4H10NO.V/c1-4(5)3-6-2;/h4-5H,3H2,1-2H3;/q-1;. The molecular formula is C4H10NOV-. The van der Waals surface area contributed by atoms with Gasteiger partial charge in [-0.05, 0) is 0 Å². The zero-order chi connectivity index (χ0) is 4.99. The molecule has 3 heteroatoms. The van der Waals surface area contributed by atoms with Crippen LogP contribution in [0, 0.1) is 0 Å². The van der Waals surface area contributed by atoms with Crippen molar-refractivity contribution in [3.05, 3.63) is 5.73 Å². The van der Waals surface area contributed by atoms with E-state index in [0.29, 0.717) is 6.61 Å². The fraction of sp³-hybridized carbons (Fsp3) is 1.00. The third-order valence-corrected chi connectivity index (χ3v) is 0.417. The number of hydrogen-bond acceptors (Lipinski definition) is 1. The number of hydrogen-bond donors (Lipinski definition) is 0. The third kappa shape index (κ3) is 10.7. The second kappa shape index (κ2) is 6.50. The van der Waals surface area contributed by atoms with Crippen LogP contribution in [-0.2, 0) is 23.3 Å². The summed E-state index contributed by atoms with van der Waals surface area (Å²) in [6, 6.07) is -0.0741. The van der Waals surface area contributed by atoms with Crippen LogP contribution in [0.4, 0.5) is 0 Å². The van der Waals surface area contributed by atoms with Crippen LogP contribution in [0.5, 0.6) is 0 Å². The van der Waals surface area contributed by atoms with Crippen LogP contribution in [-0.4, -0.2) is 19.8 Å². The quantitative estimate of drug-likeness (QED) is 0.563. The molecule has 0 bridgehead atoms. The maximum absolute atomic E-state index is 6.85. The second-order valence-corrected chi connectivity index (χ2v) is 1.36. The molecule has 0 aliphatic carbocycles. The van der Waals surface area contributed by atoms with Crippen molar-refractivity contribution >= 4 is 0 Å². The van der Waals surface area contributed by atoms with E-state index in [1.165, 1.54) is 0 Å². The van der Waals surface area contributed by atoms with Gasteiger partial charge in [0.05, 0.1) is 0 Å². The molecule has 0 aromatic heterocycles. The Hall–Kier alpha value is 0.504. The Kier molecular flexibility index (Phi) is 9.74. The van der Waals surface area contributed by atoms with Crippen molar-refractivity contribution in [3.63, 3.8) is 0 Å². The van der Waals surface area contributed by atoms with Crippen molar-refractivity contribution in [1.29, 1.82) is 0 Å². The first-order chi connectivity index (χ1) is 2.77. The Labute approximate surface area is 56.3 Å². The number of nitrogens with one attached hydrogen (secondary N) is 1. The normalized spacial score (nSPS) is 12.4. The first kappa shape index (κ1) is 10.5. The van der Waals surface area contributed by atoms with Crippen LogP contribution in [0.25, 0.3) is 5.73 Å². The van der Waals surface area contributed by atoms with Gasteiger partial charge in [0.25, 0.3) is 0 Å². The van der Waals surface area contributed by atoms with Gasteiger partial charge in [0.1, 0.15) is 0 Å². The molecule has 43 valence electrons. The van der Waals surface area contributed by atoms with E-state index in [-0.39, 0.29) is 24.6 Å². The summed E-state index contributed by atoms with van der Waals surface area (Å²) in [6.45, 7) is 2.34. The molecule has 7 heavy (non-hydrogen) atoms. The van der Waals surface area contributed by atoms with Crippen LogP contribution < -0.4 is 0 Å². The Bertz CT molecular complexity index is 32.9. The predicted octanol–water partition coefficient (Wildman–Crippen LogP) is 1.07. The molecule has 0 saturated carbocycles. The molecule has 0 amide bonds. The van der Waals surface area contributed by atoms with Crippen molar-refractivity contribution in [2.24, 2.45) is 0 Å². The van der Waals surface area contributed by atoms with Crippen molar-refractivity contribution in [2.75, 3.05) is 13.7 Å². The molecule has 2 nitrogen and oxygen atoms in total. The van der Waals surface area contributed by atoms with E-state index in [4.69, 9.17) is 5.73 Å². The van der Waals surface area contributed by atoms with Gasteiger partial charge in [0.15, 0.2) is 0 Å². The summed E-state index contributed by atoms with van der Waals surface area (Å²) in [5.41, 5.74) is 6.85. The first-order valence-electron chi connectivity index (χ1n) is 1.97. The van der Waals surface area contributed by atoms with Crippen molar-refractivity contribution in [1.82, 2.24) is 0 Å². The Morgan fingerprint density at radius 3 is 2.14 bits per heavy atom. The van der Waals surface area contributed by atoms with Gasteiger partial charge in [-0.3, -0.25) is 0 Å². The molecule has 1 N–H and O–H groups in total. The molecule has 0 spiro atoms. The van der Waals surface area contributed by atoms with Gasteiger partial charge < -0.3 is 10.5 Å². The minimum Gasteiger partial charge on any atom is -0.673 e. The smallest absolute Gasteiger partial charge is 0.0354 e. The maximum Gasteiger partial charge on any atom is 0.0354 e. The zero-order valence-electron chi connectivity index (χ0n) is 4.64. The van der Waals surface area contributed by atoms with Gasteiger partial charge in [-0.1, -0.05) is 6.92 Å². The summed E-state index contributed by atoms with van der Waals surface area (Å²) < 4.78 is 4.62. The monoisotopic (exact) mass is 139 g/mol. The summed E-state index contributed by atoms with van der Waals surface area (Å²) in [5, 5.41) is 0. The van der Waals surface area contributed by atoms with Crippen LogP contribution in [0.15, 0.2) is 0 Å².